The van der Waals surface area contributed by atoms with E-state index in [2.05, 4.69) is 24.3 Å². The van der Waals surface area contributed by atoms with Crippen LogP contribution in [-0.4, -0.2) is 39.5 Å². The summed E-state index contributed by atoms with van der Waals surface area (Å²) in [5.41, 5.74) is 14.8. The third-order valence-corrected chi connectivity index (χ3v) is 5.63. The van der Waals surface area contributed by atoms with Gasteiger partial charge in [-0.25, -0.2) is 0 Å². The molecule has 0 aromatic heterocycles. The van der Waals surface area contributed by atoms with E-state index in [4.69, 9.17) is 30.4 Å². The van der Waals surface area contributed by atoms with Gasteiger partial charge in [-0.05, 0) is 91.9 Å². The van der Waals surface area contributed by atoms with Crippen molar-refractivity contribution in [3.05, 3.63) is 89.5 Å². The molecule has 6 heteroatoms. The third-order valence-electron chi connectivity index (χ3n) is 5.63. The molecular weight excluding hydrogens is 452 g/mol. The van der Waals surface area contributed by atoms with Crippen LogP contribution >= 0.6 is 0 Å². The van der Waals surface area contributed by atoms with Crippen molar-refractivity contribution in [1.29, 1.82) is 0 Å². The van der Waals surface area contributed by atoms with Crippen molar-refractivity contribution in [2.24, 2.45) is 11.5 Å². The van der Waals surface area contributed by atoms with Crippen molar-refractivity contribution < 1.29 is 18.9 Å². The monoisotopic (exact) mass is 492 g/mol. The highest BCUT2D eigenvalue weighted by Crippen LogP contribution is 2.17. The number of aryl methyl sites for hydroxylation is 2. The Balaban J connectivity index is 1.29. The lowest BCUT2D eigenvalue weighted by atomic mass is 10.1. The molecule has 3 rings (SSSR count). The Morgan fingerprint density at radius 2 is 0.972 bits per heavy atom. The van der Waals surface area contributed by atoms with Crippen molar-refractivity contribution in [2.75, 3.05) is 39.5 Å². The molecule has 36 heavy (non-hydrogen) atoms. The molecule has 0 amide bonds. The van der Waals surface area contributed by atoms with E-state index in [-0.39, 0.29) is 0 Å². The fourth-order valence-corrected chi connectivity index (χ4v) is 3.77. The Labute approximate surface area is 215 Å². The summed E-state index contributed by atoms with van der Waals surface area (Å²) in [7, 11) is 0. The van der Waals surface area contributed by atoms with Gasteiger partial charge in [0.15, 0.2) is 0 Å². The fourth-order valence-electron chi connectivity index (χ4n) is 3.77. The summed E-state index contributed by atoms with van der Waals surface area (Å²) in [6.07, 6.45) is 4.72. The largest absolute Gasteiger partial charge is 0.493 e. The van der Waals surface area contributed by atoms with Crippen LogP contribution in [0.3, 0.4) is 0 Å². The minimum atomic E-state index is 0.506. The van der Waals surface area contributed by atoms with E-state index in [1.807, 2.05) is 48.5 Å². The summed E-state index contributed by atoms with van der Waals surface area (Å²) in [5, 5.41) is 0. The molecular formula is C30H40N2O4. The molecule has 4 N–H and O–H groups in total. The van der Waals surface area contributed by atoms with Gasteiger partial charge in [-0.15, -0.1) is 0 Å². The SMILES string of the molecule is NCCCc1cccc(OCCCOc2cccc(COCCOc3cccc(CCCN)c3)c2)c1. The van der Waals surface area contributed by atoms with Crippen molar-refractivity contribution in [1.82, 2.24) is 0 Å². The highest BCUT2D eigenvalue weighted by atomic mass is 16.5. The molecule has 3 aromatic carbocycles. The van der Waals surface area contributed by atoms with Gasteiger partial charge >= 0.3 is 0 Å². The summed E-state index contributed by atoms with van der Waals surface area (Å²) < 4.78 is 23.4. The molecule has 0 saturated heterocycles. The molecule has 0 heterocycles. The molecule has 6 nitrogen and oxygen atoms in total. The van der Waals surface area contributed by atoms with Gasteiger partial charge in [0, 0.05) is 6.42 Å². The number of rotatable bonds is 18. The highest BCUT2D eigenvalue weighted by Gasteiger charge is 2.01. The Kier molecular flexibility index (Phi) is 12.7. The zero-order valence-electron chi connectivity index (χ0n) is 21.2. The first-order chi connectivity index (χ1) is 17.8. The van der Waals surface area contributed by atoms with Gasteiger partial charge in [-0.2, -0.15) is 0 Å². The van der Waals surface area contributed by atoms with Crippen LogP contribution in [0.4, 0.5) is 0 Å². The Morgan fingerprint density at radius 3 is 1.50 bits per heavy atom. The van der Waals surface area contributed by atoms with Crippen LogP contribution in [0.25, 0.3) is 0 Å². The minimum absolute atomic E-state index is 0.506. The summed E-state index contributed by atoms with van der Waals surface area (Å²) in [6, 6.07) is 24.4. The van der Waals surface area contributed by atoms with E-state index in [0.717, 1.165) is 54.9 Å². The van der Waals surface area contributed by atoms with Crippen molar-refractivity contribution in [3.63, 3.8) is 0 Å². The lowest BCUT2D eigenvalue weighted by Gasteiger charge is -2.11. The van der Waals surface area contributed by atoms with E-state index < -0.39 is 0 Å². The summed E-state index contributed by atoms with van der Waals surface area (Å²) in [6.45, 7) is 4.14. The number of benzene rings is 3. The fraction of sp³-hybridized carbons (Fsp3) is 0.400. The molecule has 194 valence electrons. The summed E-state index contributed by atoms with van der Waals surface area (Å²) in [5.74, 6) is 2.60. The first-order valence-corrected chi connectivity index (χ1v) is 12.9. The number of hydrogen-bond donors (Lipinski definition) is 2. The zero-order chi connectivity index (χ0) is 25.3. The van der Waals surface area contributed by atoms with Crippen LogP contribution in [0.1, 0.15) is 36.0 Å². The first-order valence-electron chi connectivity index (χ1n) is 12.9. The predicted octanol–water partition coefficient (Wildman–Crippen LogP) is 4.91. The van der Waals surface area contributed by atoms with Crippen molar-refractivity contribution >= 4 is 0 Å². The first kappa shape index (κ1) is 27.5. The molecule has 0 fully saturated rings. The Morgan fingerprint density at radius 1 is 0.500 bits per heavy atom. The molecule has 0 aliphatic carbocycles. The van der Waals surface area contributed by atoms with E-state index in [0.29, 0.717) is 46.1 Å². The van der Waals surface area contributed by atoms with Gasteiger partial charge in [0.25, 0.3) is 0 Å². The van der Waals surface area contributed by atoms with Gasteiger partial charge in [0.05, 0.1) is 26.4 Å². The molecule has 0 radical (unpaired) electrons. The van der Waals surface area contributed by atoms with E-state index in [1.165, 1.54) is 11.1 Å². The lowest BCUT2D eigenvalue weighted by molar-refractivity contribution is 0.0887. The average Bonchev–Trinajstić information content (AvgIpc) is 2.91. The molecule has 3 aromatic rings. The van der Waals surface area contributed by atoms with Gasteiger partial charge in [0.2, 0.25) is 0 Å². The number of ether oxygens (including phenoxy) is 4. The second-order valence-corrected chi connectivity index (χ2v) is 8.68. The summed E-state index contributed by atoms with van der Waals surface area (Å²) >= 11 is 0. The average molecular weight is 493 g/mol. The second kappa shape index (κ2) is 16.6. The minimum Gasteiger partial charge on any atom is -0.493 e. The van der Waals surface area contributed by atoms with E-state index >= 15 is 0 Å². The third kappa shape index (κ3) is 10.7. The second-order valence-electron chi connectivity index (χ2n) is 8.68. The smallest absolute Gasteiger partial charge is 0.119 e. The topological polar surface area (TPSA) is 89.0 Å². The summed E-state index contributed by atoms with van der Waals surface area (Å²) in [4.78, 5) is 0. The van der Waals surface area contributed by atoms with Crippen LogP contribution in [0.2, 0.25) is 0 Å². The van der Waals surface area contributed by atoms with E-state index in [9.17, 15) is 0 Å². The number of nitrogens with two attached hydrogens (primary N) is 2. The van der Waals surface area contributed by atoms with Gasteiger partial charge in [-0.3, -0.25) is 0 Å². The Hall–Kier alpha value is -3.06. The maximum atomic E-state index is 5.90. The zero-order valence-corrected chi connectivity index (χ0v) is 21.2. The molecule has 0 atom stereocenters. The molecule has 0 aliphatic rings. The quantitative estimate of drug-likeness (QED) is 0.245. The standard InChI is InChI=1S/C30H40N2O4/c31-15-4-10-25-7-1-12-28(21-25)34-17-6-18-35-30-14-3-9-27(23-30)24-33-19-20-36-29-13-2-8-26(22-29)11-5-16-32/h1-3,7-9,12-14,21-23H,4-6,10-11,15-20,24,31-32H2. The van der Waals surface area contributed by atoms with Gasteiger partial charge in [0.1, 0.15) is 23.9 Å². The predicted molar refractivity (Wildman–Crippen MR) is 145 cm³/mol. The molecule has 0 bridgehead atoms. The van der Waals surface area contributed by atoms with Crippen LogP contribution < -0.4 is 25.7 Å². The molecule has 0 spiro atoms. The Bertz CT molecular complexity index is 935. The molecule has 0 aliphatic heterocycles. The van der Waals surface area contributed by atoms with E-state index in [1.54, 1.807) is 0 Å². The van der Waals surface area contributed by atoms with Crippen LogP contribution in [-0.2, 0) is 24.2 Å². The lowest BCUT2D eigenvalue weighted by Crippen LogP contribution is -2.07. The van der Waals surface area contributed by atoms with Crippen LogP contribution in [0.5, 0.6) is 17.2 Å². The molecule has 0 unspecified atom stereocenters. The van der Waals surface area contributed by atoms with Crippen molar-refractivity contribution in [2.45, 2.75) is 38.7 Å². The van der Waals surface area contributed by atoms with Gasteiger partial charge < -0.3 is 30.4 Å². The maximum absolute atomic E-state index is 5.90. The normalized spacial score (nSPS) is 10.8. The van der Waals surface area contributed by atoms with Crippen molar-refractivity contribution in [3.8, 4) is 17.2 Å². The molecule has 0 saturated carbocycles. The van der Waals surface area contributed by atoms with Crippen LogP contribution in [0.15, 0.2) is 72.8 Å². The van der Waals surface area contributed by atoms with Gasteiger partial charge in [-0.1, -0.05) is 36.4 Å². The maximum Gasteiger partial charge on any atom is 0.119 e. The number of hydrogen-bond acceptors (Lipinski definition) is 6. The highest BCUT2D eigenvalue weighted by molar-refractivity contribution is 5.30. The van der Waals surface area contributed by atoms with Crippen LogP contribution in [0, 0.1) is 0 Å².